The minimum absolute atomic E-state index is 0.322. The lowest BCUT2D eigenvalue weighted by Gasteiger charge is -2.33. The molecule has 3 aromatic heterocycles. The number of rotatable bonds is 3. The van der Waals surface area contributed by atoms with Crippen LogP contribution in [0.4, 0.5) is 5.82 Å². The molecule has 0 aliphatic carbocycles. The summed E-state index contributed by atoms with van der Waals surface area (Å²) in [5.74, 6) is 3.97. The van der Waals surface area contributed by atoms with E-state index >= 15 is 0 Å². The average molecular weight is 391 g/mol. The van der Waals surface area contributed by atoms with Crippen molar-refractivity contribution in [1.82, 2.24) is 25.1 Å². The van der Waals surface area contributed by atoms with Crippen LogP contribution in [-0.2, 0) is 0 Å². The number of benzene rings is 1. The molecule has 4 heterocycles. The normalized spacial score (nSPS) is 17.4. The number of H-pyrrole nitrogens is 1. The molecular weight excluding hydrogens is 368 g/mol. The highest BCUT2D eigenvalue weighted by Crippen LogP contribution is 2.40. The van der Waals surface area contributed by atoms with Crippen molar-refractivity contribution in [3.63, 3.8) is 0 Å². The summed E-state index contributed by atoms with van der Waals surface area (Å²) in [6, 6.07) is 10.5. The number of piperidine rings is 1. The Morgan fingerprint density at radius 2 is 1.96 bits per heavy atom. The van der Waals surface area contributed by atoms with Crippen LogP contribution in [0.3, 0.4) is 0 Å². The molecule has 0 amide bonds. The van der Waals surface area contributed by atoms with Crippen molar-refractivity contribution in [1.29, 1.82) is 0 Å². The van der Waals surface area contributed by atoms with Gasteiger partial charge in [-0.25, -0.2) is 15.0 Å². The Morgan fingerprint density at radius 3 is 2.75 bits per heavy atom. The Kier molecular flexibility index (Phi) is 4.31. The maximum Gasteiger partial charge on any atom is 0.155 e. The van der Waals surface area contributed by atoms with E-state index in [9.17, 15) is 0 Å². The lowest BCUT2D eigenvalue weighted by molar-refractivity contribution is 0.490. The van der Waals surface area contributed by atoms with Gasteiger partial charge in [0.25, 0.3) is 0 Å². The Morgan fingerprint density at radius 1 is 1.11 bits per heavy atom. The fourth-order valence-corrected chi connectivity index (χ4v) is 5.00. The molecule has 1 aliphatic heterocycles. The third-order valence-corrected chi connectivity index (χ3v) is 6.18. The first kappa shape index (κ1) is 17.3. The van der Waals surface area contributed by atoms with Crippen LogP contribution in [0.25, 0.3) is 21.3 Å². The molecule has 1 atom stereocenters. The monoisotopic (exact) mass is 390 g/mol. The average Bonchev–Trinajstić information content (AvgIpc) is 3.34. The smallest absolute Gasteiger partial charge is 0.155 e. The van der Waals surface area contributed by atoms with Crippen LogP contribution < -0.4 is 4.90 Å². The molecule has 7 heteroatoms. The van der Waals surface area contributed by atoms with Gasteiger partial charge < -0.3 is 4.90 Å². The molecule has 0 bridgehead atoms. The lowest BCUT2D eigenvalue weighted by Crippen LogP contribution is -2.35. The summed E-state index contributed by atoms with van der Waals surface area (Å²) in [6.07, 6.45) is 2.21. The fraction of sp³-hybridized carbons (Fsp3) is 0.333. The molecule has 142 valence electrons. The highest BCUT2D eigenvalue weighted by atomic mass is 32.1. The zero-order valence-corrected chi connectivity index (χ0v) is 16.8. The van der Waals surface area contributed by atoms with Crippen LogP contribution in [0.5, 0.6) is 0 Å². The molecule has 0 saturated carbocycles. The van der Waals surface area contributed by atoms with Crippen molar-refractivity contribution in [3.8, 4) is 11.1 Å². The third kappa shape index (κ3) is 3.05. The van der Waals surface area contributed by atoms with Crippen molar-refractivity contribution in [2.75, 3.05) is 18.0 Å². The summed E-state index contributed by atoms with van der Waals surface area (Å²) in [4.78, 5) is 17.6. The molecule has 6 nitrogen and oxygen atoms in total. The lowest BCUT2D eigenvalue weighted by atomic mass is 9.96. The number of anilines is 1. The summed E-state index contributed by atoms with van der Waals surface area (Å²) < 4.78 is 0. The molecule has 1 N–H and O–H groups in total. The minimum atomic E-state index is 0.322. The fourth-order valence-electron chi connectivity index (χ4n) is 4.01. The molecule has 1 unspecified atom stereocenters. The van der Waals surface area contributed by atoms with Crippen LogP contribution >= 0.6 is 11.3 Å². The number of aromatic nitrogens is 5. The molecular formula is C21H22N6S. The number of fused-ring (bicyclic) bond motifs is 1. The van der Waals surface area contributed by atoms with E-state index < -0.39 is 0 Å². The highest BCUT2D eigenvalue weighted by Gasteiger charge is 2.27. The summed E-state index contributed by atoms with van der Waals surface area (Å²) in [5.41, 5.74) is 2.42. The standard InChI is InChI=1S/C21H22N6S/c1-13-23-20(27-10-6-9-16(11-27)19-22-14(2)25-26-19)18-17(12-28-21(18)24-13)15-7-4-3-5-8-15/h3-5,7-8,12,16H,6,9-11H2,1-2H3,(H,22,25,26). The Bertz CT molecular complexity index is 1120. The van der Waals surface area contributed by atoms with Crippen molar-refractivity contribution in [2.24, 2.45) is 0 Å². The number of hydrogen-bond donors (Lipinski definition) is 1. The van der Waals surface area contributed by atoms with Gasteiger partial charge in [-0.2, -0.15) is 5.10 Å². The van der Waals surface area contributed by atoms with E-state index in [1.165, 1.54) is 11.1 Å². The molecule has 5 rings (SSSR count). The molecule has 4 aromatic rings. The number of nitrogens with zero attached hydrogens (tertiary/aromatic N) is 5. The largest absolute Gasteiger partial charge is 0.355 e. The van der Waals surface area contributed by atoms with E-state index in [1.54, 1.807) is 11.3 Å². The first-order chi connectivity index (χ1) is 13.7. The summed E-state index contributed by atoms with van der Waals surface area (Å²) in [7, 11) is 0. The minimum Gasteiger partial charge on any atom is -0.355 e. The molecule has 1 aliphatic rings. The Hall–Kier alpha value is -2.80. The summed E-state index contributed by atoms with van der Waals surface area (Å²) >= 11 is 1.69. The van der Waals surface area contributed by atoms with E-state index in [2.05, 4.69) is 49.7 Å². The van der Waals surface area contributed by atoms with Gasteiger partial charge in [0.1, 0.15) is 22.3 Å². The van der Waals surface area contributed by atoms with Crippen LogP contribution in [0.1, 0.15) is 36.2 Å². The predicted octanol–water partition coefficient (Wildman–Crippen LogP) is 4.48. The second-order valence-electron chi connectivity index (χ2n) is 7.35. The van der Waals surface area contributed by atoms with Crippen molar-refractivity contribution in [2.45, 2.75) is 32.6 Å². The summed E-state index contributed by atoms with van der Waals surface area (Å²) in [5, 5.41) is 10.8. The third-order valence-electron chi connectivity index (χ3n) is 5.31. The van der Waals surface area contributed by atoms with Crippen molar-refractivity contribution >= 4 is 27.4 Å². The Labute approximate surface area is 167 Å². The van der Waals surface area contributed by atoms with Gasteiger partial charge in [-0.15, -0.1) is 11.3 Å². The quantitative estimate of drug-likeness (QED) is 0.559. The zero-order valence-electron chi connectivity index (χ0n) is 16.0. The molecule has 1 fully saturated rings. The molecule has 28 heavy (non-hydrogen) atoms. The van der Waals surface area contributed by atoms with Gasteiger partial charge in [-0.05, 0) is 32.3 Å². The number of nitrogens with one attached hydrogen (secondary N) is 1. The molecule has 1 saturated heterocycles. The van der Waals surface area contributed by atoms with Gasteiger partial charge in [0.15, 0.2) is 5.82 Å². The van der Waals surface area contributed by atoms with E-state index in [0.717, 1.165) is 59.4 Å². The topological polar surface area (TPSA) is 70.6 Å². The maximum atomic E-state index is 4.89. The first-order valence-corrected chi connectivity index (χ1v) is 10.5. The SMILES string of the molecule is Cc1nc(N2CCCC(c3n[nH]c(C)n3)C2)c2c(-c3ccccc3)csc2n1. The van der Waals surface area contributed by atoms with Crippen LogP contribution in [0.2, 0.25) is 0 Å². The van der Waals surface area contributed by atoms with E-state index in [1.807, 2.05) is 19.9 Å². The van der Waals surface area contributed by atoms with Crippen molar-refractivity contribution in [3.05, 3.63) is 53.2 Å². The second kappa shape index (κ2) is 6.98. The summed E-state index contributed by atoms with van der Waals surface area (Å²) in [6.45, 7) is 5.80. The number of hydrogen-bond acceptors (Lipinski definition) is 6. The van der Waals surface area contributed by atoms with Crippen LogP contribution in [0, 0.1) is 13.8 Å². The maximum absolute atomic E-state index is 4.89. The second-order valence-corrected chi connectivity index (χ2v) is 8.21. The van der Waals surface area contributed by atoms with E-state index in [4.69, 9.17) is 9.97 Å². The first-order valence-electron chi connectivity index (χ1n) is 9.64. The van der Waals surface area contributed by atoms with Gasteiger partial charge in [-0.3, -0.25) is 5.10 Å². The number of aryl methyl sites for hydroxylation is 2. The molecule has 0 spiro atoms. The van der Waals surface area contributed by atoms with Crippen molar-refractivity contribution < 1.29 is 0 Å². The zero-order chi connectivity index (χ0) is 19.1. The van der Waals surface area contributed by atoms with Gasteiger partial charge in [0, 0.05) is 30.0 Å². The van der Waals surface area contributed by atoms with E-state index in [0.29, 0.717) is 5.92 Å². The van der Waals surface area contributed by atoms with E-state index in [-0.39, 0.29) is 0 Å². The molecule has 0 radical (unpaired) electrons. The van der Waals surface area contributed by atoms with Gasteiger partial charge in [-0.1, -0.05) is 30.3 Å². The van der Waals surface area contributed by atoms with Gasteiger partial charge in [0.2, 0.25) is 0 Å². The number of aromatic amines is 1. The van der Waals surface area contributed by atoms with Crippen LogP contribution in [0.15, 0.2) is 35.7 Å². The highest BCUT2D eigenvalue weighted by molar-refractivity contribution is 7.17. The molecule has 1 aromatic carbocycles. The van der Waals surface area contributed by atoms with Gasteiger partial charge in [0.05, 0.1) is 5.39 Å². The van der Waals surface area contributed by atoms with Crippen LogP contribution in [-0.4, -0.2) is 38.2 Å². The predicted molar refractivity (Wildman–Crippen MR) is 113 cm³/mol. The number of thiophene rings is 1. The van der Waals surface area contributed by atoms with Gasteiger partial charge >= 0.3 is 0 Å². The Balaban J connectivity index is 1.59.